The molecule has 0 fully saturated rings. The Kier molecular flexibility index (Phi) is 3.76. The van der Waals surface area contributed by atoms with E-state index >= 15 is 0 Å². The molecule has 0 aliphatic rings. The second kappa shape index (κ2) is 5.49. The third kappa shape index (κ3) is 2.89. The summed E-state index contributed by atoms with van der Waals surface area (Å²) < 4.78 is 0. The predicted octanol–water partition coefficient (Wildman–Crippen LogP) is 2.97. The lowest BCUT2D eigenvalue weighted by atomic mass is 10.1. The molecule has 0 saturated heterocycles. The molecule has 2 aromatic rings. The summed E-state index contributed by atoms with van der Waals surface area (Å²) in [6, 6.07) is 6.09. The number of rotatable bonds is 5. The summed E-state index contributed by atoms with van der Waals surface area (Å²) in [6.07, 6.45) is 0. The zero-order chi connectivity index (χ0) is 13.8. The lowest BCUT2D eigenvalue weighted by Crippen LogP contribution is -2.10. The van der Waals surface area contributed by atoms with Crippen LogP contribution in [0.15, 0.2) is 35.0 Å². The van der Waals surface area contributed by atoms with Crippen LogP contribution < -0.4 is 5.32 Å². The molecule has 1 heterocycles. The maximum Gasteiger partial charge on any atom is 0.343 e. The van der Waals surface area contributed by atoms with Gasteiger partial charge < -0.3 is 10.4 Å². The minimum Gasteiger partial charge on any atom is -0.477 e. The second-order valence-corrected chi connectivity index (χ2v) is 4.52. The number of hydrogen-bond acceptors (Lipinski definition) is 5. The molecule has 7 heteroatoms. The van der Waals surface area contributed by atoms with Crippen molar-refractivity contribution in [2.24, 2.45) is 0 Å². The van der Waals surface area contributed by atoms with Gasteiger partial charge in [0.1, 0.15) is 5.56 Å². The van der Waals surface area contributed by atoms with Gasteiger partial charge >= 0.3 is 5.97 Å². The Balaban J connectivity index is 2.31. The van der Waals surface area contributed by atoms with Crippen molar-refractivity contribution in [1.29, 1.82) is 0 Å². The van der Waals surface area contributed by atoms with Crippen LogP contribution in [0.1, 0.15) is 15.9 Å². The summed E-state index contributed by atoms with van der Waals surface area (Å²) in [5.74, 6) is -1.30. The van der Waals surface area contributed by atoms with Crippen molar-refractivity contribution in [2.75, 3.05) is 5.32 Å². The molecular weight excluding hydrogens is 268 g/mol. The van der Waals surface area contributed by atoms with Crippen LogP contribution in [-0.2, 0) is 6.54 Å². The van der Waals surface area contributed by atoms with Crippen molar-refractivity contribution in [2.45, 2.75) is 6.54 Å². The summed E-state index contributed by atoms with van der Waals surface area (Å²) in [7, 11) is 0. The minimum atomic E-state index is -1.30. The molecule has 2 rings (SSSR count). The minimum absolute atomic E-state index is 0.222. The molecule has 0 amide bonds. The first-order valence-corrected chi connectivity index (χ1v) is 6.29. The fourth-order valence-electron chi connectivity index (χ4n) is 1.70. The van der Waals surface area contributed by atoms with Crippen molar-refractivity contribution in [3.8, 4) is 0 Å². The zero-order valence-electron chi connectivity index (χ0n) is 9.70. The van der Waals surface area contributed by atoms with Crippen molar-refractivity contribution in [3.05, 3.63) is 56.3 Å². The lowest BCUT2D eigenvalue weighted by Gasteiger charge is -2.08. The molecule has 19 heavy (non-hydrogen) atoms. The van der Waals surface area contributed by atoms with E-state index in [1.165, 1.54) is 23.5 Å². The van der Waals surface area contributed by atoms with Crippen LogP contribution in [0.2, 0.25) is 0 Å². The van der Waals surface area contributed by atoms with Gasteiger partial charge in [-0.3, -0.25) is 10.1 Å². The van der Waals surface area contributed by atoms with E-state index in [4.69, 9.17) is 5.11 Å². The number of nitro groups is 1. The second-order valence-electron chi connectivity index (χ2n) is 3.74. The molecule has 0 radical (unpaired) electrons. The monoisotopic (exact) mass is 278 g/mol. The van der Waals surface area contributed by atoms with Crippen LogP contribution in [-0.4, -0.2) is 16.0 Å². The van der Waals surface area contributed by atoms with E-state index in [-0.39, 0.29) is 12.1 Å². The highest BCUT2D eigenvalue weighted by Gasteiger charge is 2.23. The van der Waals surface area contributed by atoms with E-state index < -0.39 is 16.6 Å². The van der Waals surface area contributed by atoms with Crippen molar-refractivity contribution in [3.63, 3.8) is 0 Å². The normalized spacial score (nSPS) is 10.1. The van der Waals surface area contributed by atoms with Crippen LogP contribution in [0.4, 0.5) is 11.4 Å². The molecule has 0 aliphatic carbocycles. The molecule has 1 aromatic carbocycles. The highest BCUT2D eigenvalue weighted by Crippen LogP contribution is 2.23. The highest BCUT2D eigenvalue weighted by atomic mass is 32.1. The van der Waals surface area contributed by atoms with Gasteiger partial charge in [-0.2, -0.15) is 11.3 Å². The van der Waals surface area contributed by atoms with E-state index in [0.29, 0.717) is 5.56 Å². The fourth-order valence-corrected chi connectivity index (χ4v) is 2.31. The van der Waals surface area contributed by atoms with Gasteiger partial charge in [-0.15, -0.1) is 0 Å². The molecule has 0 saturated carbocycles. The number of nitrogens with one attached hydrogen (secondary N) is 1. The number of carboxylic acids is 1. The quantitative estimate of drug-likeness (QED) is 0.648. The largest absolute Gasteiger partial charge is 0.477 e. The molecule has 0 unspecified atom stereocenters. The summed E-state index contributed by atoms with van der Waals surface area (Å²) in [5.41, 5.74) is 0.577. The van der Waals surface area contributed by atoms with E-state index in [1.807, 2.05) is 16.8 Å². The fraction of sp³-hybridized carbons (Fsp3) is 0.0833. The van der Waals surface area contributed by atoms with Crippen molar-refractivity contribution < 1.29 is 14.8 Å². The van der Waals surface area contributed by atoms with Gasteiger partial charge in [-0.25, -0.2) is 4.79 Å². The Morgan fingerprint density at radius 2 is 2.21 bits per heavy atom. The number of carboxylic acid groups (broad SMARTS) is 1. The van der Waals surface area contributed by atoms with Gasteiger partial charge in [0, 0.05) is 23.7 Å². The number of nitrogens with zero attached hydrogens (tertiary/aromatic N) is 1. The van der Waals surface area contributed by atoms with Crippen LogP contribution in [0.25, 0.3) is 0 Å². The third-order valence-electron chi connectivity index (χ3n) is 2.54. The van der Waals surface area contributed by atoms with E-state index in [9.17, 15) is 14.9 Å². The average molecular weight is 278 g/mol. The summed E-state index contributed by atoms with van der Waals surface area (Å²) in [4.78, 5) is 21.3. The maximum atomic E-state index is 11.2. The molecule has 0 atom stereocenters. The smallest absolute Gasteiger partial charge is 0.343 e. The SMILES string of the molecule is O=C(O)c1c(CNc2ccsc2)cccc1[N+](=O)[O-]. The third-order valence-corrected chi connectivity index (χ3v) is 3.23. The average Bonchev–Trinajstić information content (AvgIpc) is 2.88. The molecular formula is C12H10N2O4S. The van der Waals surface area contributed by atoms with Gasteiger partial charge in [0.2, 0.25) is 0 Å². The Hall–Kier alpha value is -2.41. The Morgan fingerprint density at radius 1 is 1.42 bits per heavy atom. The summed E-state index contributed by atoms with van der Waals surface area (Å²) in [6.45, 7) is 0.222. The zero-order valence-corrected chi connectivity index (χ0v) is 10.5. The van der Waals surface area contributed by atoms with Crippen LogP contribution in [0.5, 0.6) is 0 Å². The van der Waals surface area contributed by atoms with Crippen LogP contribution >= 0.6 is 11.3 Å². The number of carbonyl (C=O) groups is 1. The van der Waals surface area contributed by atoms with Crippen molar-refractivity contribution in [1.82, 2.24) is 0 Å². The molecule has 98 valence electrons. The summed E-state index contributed by atoms with van der Waals surface area (Å²) >= 11 is 1.51. The highest BCUT2D eigenvalue weighted by molar-refractivity contribution is 7.08. The number of benzene rings is 1. The van der Waals surface area contributed by atoms with Crippen molar-refractivity contribution >= 4 is 28.7 Å². The molecule has 0 aliphatic heterocycles. The number of aromatic carboxylic acids is 1. The number of nitro benzene ring substituents is 1. The predicted molar refractivity (Wildman–Crippen MR) is 71.7 cm³/mol. The van der Waals surface area contributed by atoms with Gasteiger partial charge in [0.05, 0.1) is 4.92 Å². The van der Waals surface area contributed by atoms with Gasteiger partial charge in [-0.1, -0.05) is 12.1 Å². The summed E-state index contributed by atoms with van der Waals surface area (Å²) in [5, 5.41) is 26.7. The van der Waals surface area contributed by atoms with Gasteiger partial charge in [0.25, 0.3) is 5.69 Å². The lowest BCUT2D eigenvalue weighted by molar-refractivity contribution is -0.385. The first kappa shape index (κ1) is 13.0. The molecule has 6 nitrogen and oxygen atoms in total. The van der Waals surface area contributed by atoms with Gasteiger partial charge in [-0.05, 0) is 17.0 Å². The van der Waals surface area contributed by atoms with Crippen LogP contribution in [0, 0.1) is 10.1 Å². The van der Waals surface area contributed by atoms with E-state index in [2.05, 4.69) is 5.32 Å². The number of anilines is 1. The molecule has 0 bridgehead atoms. The first-order valence-electron chi connectivity index (χ1n) is 5.35. The topological polar surface area (TPSA) is 92.5 Å². The van der Waals surface area contributed by atoms with Crippen LogP contribution in [0.3, 0.4) is 0 Å². The van der Waals surface area contributed by atoms with Gasteiger partial charge in [0.15, 0.2) is 0 Å². The molecule has 2 N–H and O–H groups in total. The Labute approximate surface area is 112 Å². The maximum absolute atomic E-state index is 11.2. The number of hydrogen-bond donors (Lipinski definition) is 2. The standard InChI is InChI=1S/C12H10N2O4S/c15-12(16)11-8(2-1-3-10(11)14(17)18)6-13-9-4-5-19-7-9/h1-5,7,13H,6H2,(H,15,16). The number of thiophene rings is 1. The first-order chi connectivity index (χ1) is 9.09. The Bertz CT molecular complexity index is 610. The van der Waals surface area contributed by atoms with E-state index in [0.717, 1.165) is 5.69 Å². The Morgan fingerprint density at radius 3 is 2.79 bits per heavy atom. The molecule has 1 aromatic heterocycles. The molecule has 0 spiro atoms. The van der Waals surface area contributed by atoms with E-state index in [1.54, 1.807) is 6.07 Å².